The topological polar surface area (TPSA) is 61.0 Å². The SMILES string of the molecule is COc1cc(N(C)c2nc3n(n2)CCCC3c2ccccc2C(F)(F)F)ccc1-n1cnc(C)c1.Cl. The first-order valence-electron chi connectivity index (χ1n) is 11.3. The lowest BCUT2D eigenvalue weighted by molar-refractivity contribution is -0.138. The maximum absolute atomic E-state index is 13.7. The summed E-state index contributed by atoms with van der Waals surface area (Å²) in [7, 11) is 3.43. The highest BCUT2D eigenvalue weighted by atomic mass is 35.5. The lowest BCUT2D eigenvalue weighted by Gasteiger charge is -2.25. The van der Waals surface area contributed by atoms with E-state index < -0.39 is 17.7 Å². The molecule has 4 aromatic rings. The van der Waals surface area contributed by atoms with Crippen molar-refractivity contribution in [2.24, 2.45) is 0 Å². The second-order valence-corrected chi connectivity index (χ2v) is 8.61. The molecule has 0 spiro atoms. The quantitative estimate of drug-likeness (QED) is 0.328. The number of ether oxygens (including phenoxy) is 1. The largest absolute Gasteiger partial charge is 0.494 e. The summed E-state index contributed by atoms with van der Waals surface area (Å²) in [5.74, 6) is 1.14. The van der Waals surface area contributed by atoms with Crippen LogP contribution in [-0.2, 0) is 12.7 Å². The van der Waals surface area contributed by atoms with Crippen molar-refractivity contribution in [2.45, 2.75) is 38.4 Å². The van der Waals surface area contributed by atoms with Crippen molar-refractivity contribution in [3.05, 3.63) is 77.6 Å². The summed E-state index contributed by atoms with van der Waals surface area (Å²) in [4.78, 5) is 10.8. The average Bonchev–Trinajstić information content (AvgIpc) is 3.48. The lowest BCUT2D eigenvalue weighted by atomic mass is 9.88. The highest BCUT2D eigenvalue weighted by Crippen LogP contribution is 2.41. The number of aromatic nitrogens is 5. The van der Waals surface area contributed by atoms with E-state index in [2.05, 4.69) is 10.1 Å². The molecular weight excluding hydrogens is 493 g/mol. The molecule has 5 rings (SSSR count). The first kappa shape index (κ1) is 25.6. The Bertz CT molecular complexity index is 1370. The molecular formula is C25H26ClF3N6O. The Morgan fingerprint density at radius 2 is 1.92 bits per heavy atom. The van der Waals surface area contributed by atoms with Gasteiger partial charge in [0.05, 0.1) is 30.4 Å². The van der Waals surface area contributed by atoms with Gasteiger partial charge < -0.3 is 14.2 Å². The van der Waals surface area contributed by atoms with E-state index in [9.17, 15) is 13.2 Å². The zero-order valence-electron chi connectivity index (χ0n) is 20.0. The van der Waals surface area contributed by atoms with Crippen LogP contribution in [0.2, 0.25) is 0 Å². The zero-order chi connectivity index (χ0) is 24.7. The third kappa shape index (κ3) is 4.65. The Hall–Kier alpha value is -3.53. The van der Waals surface area contributed by atoms with Crippen molar-refractivity contribution >= 4 is 24.0 Å². The number of alkyl halides is 3. The number of rotatable bonds is 5. The van der Waals surface area contributed by atoms with Gasteiger partial charge >= 0.3 is 6.18 Å². The Morgan fingerprint density at radius 3 is 2.61 bits per heavy atom. The van der Waals surface area contributed by atoms with Gasteiger partial charge in [-0.15, -0.1) is 17.5 Å². The number of nitrogens with zero attached hydrogens (tertiary/aromatic N) is 6. The Labute approximate surface area is 213 Å². The average molecular weight is 519 g/mol. The molecule has 2 aromatic heterocycles. The van der Waals surface area contributed by atoms with E-state index in [4.69, 9.17) is 9.72 Å². The summed E-state index contributed by atoms with van der Waals surface area (Å²) >= 11 is 0. The van der Waals surface area contributed by atoms with Crippen molar-refractivity contribution in [3.63, 3.8) is 0 Å². The van der Waals surface area contributed by atoms with Crippen molar-refractivity contribution in [2.75, 3.05) is 19.1 Å². The molecule has 36 heavy (non-hydrogen) atoms. The molecule has 0 aliphatic carbocycles. The molecule has 1 unspecified atom stereocenters. The van der Waals surface area contributed by atoms with E-state index in [1.165, 1.54) is 6.07 Å². The molecule has 0 fully saturated rings. The summed E-state index contributed by atoms with van der Waals surface area (Å²) in [5, 5.41) is 4.63. The molecule has 0 N–H and O–H groups in total. The highest BCUT2D eigenvalue weighted by molar-refractivity contribution is 5.85. The Balaban J connectivity index is 0.00000304. The van der Waals surface area contributed by atoms with E-state index in [0.29, 0.717) is 30.5 Å². The number of hydrogen-bond acceptors (Lipinski definition) is 5. The monoisotopic (exact) mass is 518 g/mol. The van der Waals surface area contributed by atoms with Crippen LogP contribution in [-0.4, -0.2) is 38.5 Å². The normalized spacial score (nSPS) is 15.2. The van der Waals surface area contributed by atoms with Crippen molar-refractivity contribution in [1.29, 1.82) is 0 Å². The van der Waals surface area contributed by atoms with Gasteiger partial charge in [0.2, 0.25) is 5.95 Å². The van der Waals surface area contributed by atoms with Crippen molar-refractivity contribution in [1.82, 2.24) is 24.3 Å². The first-order chi connectivity index (χ1) is 16.8. The van der Waals surface area contributed by atoms with Gasteiger partial charge in [0.15, 0.2) is 0 Å². The molecule has 0 bridgehead atoms. The molecule has 7 nitrogen and oxygen atoms in total. The van der Waals surface area contributed by atoms with Crippen LogP contribution in [0.1, 0.15) is 41.4 Å². The maximum atomic E-state index is 13.7. The fourth-order valence-corrected chi connectivity index (χ4v) is 4.59. The van der Waals surface area contributed by atoms with Crippen molar-refractivity contribution in [3.8, 4) is 11.4 Å². The number of imidazole rings is 1. The smallest absolute Gasteiger partial charge is 0.416 e. The summed E-state index contributed by atoms with van der Waals surface area (Å²) < 4.78 is 50.3. The molecule has 0 saturated carbocycles. The molecule has 1 aliphatic heterocycles. The lowest BCUT2D eigenvalue weighted by Crippen LogP contribution is -2.21. The molecule has 11 heteroatoms. The van der Waals surface area contributed by atoms with E-state index in [1.54, 1.807) is 30.3 Å². The van der Waals surface area contributed by atoms with Gasteiger partial charge in [-0.25, -0.2) is 9.67 Å². The van der Waals surface area contributed by atoms with Gasteiger partial charge in [0, 0.05) is 37.5 Å². The molecule has 1 atom stereocenters. The molecule has 0 saturated heterocycles. The summed E-state index contributed by atoms with van der Waals surface area (Å²) in [5.41, 5.74) is 2.14. The second-order valence-electron chi connectivity index (χ2n) is 8.61. The molecule has 190 valence electrons. The minimum atomic E-state index is -4.43. The fourth-order valence-electron chi connectivity index (χ4n) is 4.59. The van der Waals surface area contributed by atoms with E-state index in [0.717, 1.165) is 29.6 Å². The van der Waals surface area contributed by atoms with Gasteiger partial charge in [-0.2, -0.15) is 18.2 Å². The van der Waals surface area contributed by atoms with Gasteiger partial charge in [-0.05, 0) is 43.5 Å². The number of anilines is 2. The minimum absolute atomic E-state index is 0. The second kappa shape index (κ2) is 9.85. The van der Waals surface area contributed by atoms with Crippen LogP contribution in [0.25, 0.3) is 5.69 Å². The van der Waals surface area contributed by atoms with Crippen LogP contribution in [0, 0.1) is 6.92 Å². The van der Waals surface area contributed by atoms with Crippen LogP contribution in [0.4, 0.5) is 24.8 Å². The minimum Gasteiger partial charge on any atom is -0.494 e. The Kier molecular flexibility index (Phi) is 6.99. The molecule has 0 amide bonds. The van der Waals surface area contributed by atoms with Gasteiger partial charge in [-0.1, -0.05) is 18.2 Å². The molecule has 1 aliphatic rings. The zero-order valence-corrected chi connectivity index (χ0v) is 20.8. The Morgan fingerprint density at radius 1 is 1.14 bits per heavy atom. The number of fused-ring (bicyclic) bond motifs is 1. The highest BCUT2D eigenvalue weighted by Gasteiger charge is 2.37. The number of halogens is 4. The fraction of sp³-hybridized carbons (Fsp3) is 0.320. The first-order valence-corrected chi connectivity index (χ1v) is 11.3. The van der Waals surface area contributed by atoms with Crippen LogP contribution in [0.3, 0.4) is 0 Å². The summed E-state index contributed by atoms with van der Waals surface area (Å²) in [6, 6.07) is 11.5. The van der Waals surface area contributed by atoms with Crippen LogP contribution in [0.5, 0.6) is 5.75 Å². The van der Waals surface area contributed by atoms with Gasteiger partial charge in [0.1, 0.15) is 11.6 Å². The number of hydrogen-bond donors (Lipinski definition) is 0. The summed E-state index contributed by atoms with van der Waals surface area (Å²) in [6.45, 7) is 2.53. The number of aryl methyl sites for hydroxylation is 2. The van der Waals surface area contributed by atoms with E-state index in [-0.39, 0.29) is 18.0 Å². The molecule has 2 aromatic carbocycles. The molecule has 0 radical (unpaired) electrons. The third-order valence-electron chi connectivity index (χ3n) is 6.35. The van der Waals surface area contributed by atoms with Crippen molar-refractivity contribution < 1.29 is 17.9 Å². The van der Waals surface area contributed by atoms with E-state index >= 15 is 0 Å². The predicted molar refractivity (Wildman–Crippen MR) is 133 cm³/mol. The molecule has 3 heterocycles. The van der Waals surface area contributed by atoms with Crippen LogP contribution < -0.4 is 9.64 Å². The van der Waals surface area contributed by atoms with E-state index in [1.807, 2.05) is 47.8 Å². The predicted octanol–water partition coefficient (Wildman–Crippen LogP) is 5.92. The van der Waals surface area contributed by atoms with Gasteiger partial charge in [0.25, 0.3) is 0 Å². The third-order valence-corrected chi connectivity index (χ3v) is 6.35. The van der Waals surface area contributed by atoms with Crippen LogP contribution >= 0.6 is 12.4 Å². The summed E-state index contributed by atoms with van der Waals surface area (Å²) in [6.07, 6.45) is 0.515. The van der Waals surface area contributed by atoms with Crippen LogP contribution in [0.15, 0.2) is 55.0 Å². The maximum Gasteiger partial charge on any atom is 0.416 e. The standard InChI is InChI=1S/C25H25F3N6O.ClH/c1-16-14-33(15-29-16)21-11-10-17(13-22(21)35-3)32(2)24-30-23-19(8-6-12-34(23)31-24)18-7-4-5-9-20(18)25(26,27)28;/h4-5,7,9-11,13-15,19H,6,8,12H2,1-3H3;1H. The number of benzene rings is 2. The van der Waals surface area contributed by atoms with Gasteiger partial charge in [-0.3, -0.25) is 0 Å². The number of methoxy groups -OCH3 is 1.